The Morgan fingerprint density at radius 3 is 2.00 bits per heavy atom. The second kappa shape index (κ2) is 11.5. The SMILES string of the molecule is CC(C)CCNC(=O)C1(c2ccc(NC(=O)c3ccc(Br)cc3)cc2)CC1.O=C(O)C(F)(F)F. The Morgan fingerprint density at radius 2 is 1.56 bits per heavy atom. The van der Waals surface area contributed by atoms with E-state index < -0.39 is 12.1 Å². The van der Waals surface area contributed by atoms with Crippen molar-refractivity contribution in [3.63, 3.8) is 0 Å². The first-order valence-corrected chi connectivity index (χ1v) is 11.4. The number of hydrogen-bond acceptors (Lipinski definition) is 3. The van der Waals surface area contributed by atoms with E-state index in [1.165, 1.54) is 0 Å². The van der Waals surface area contributed by atoms with Gasteiger partial charge in [-0.25, -0.2) is 4.79 Å². The maximum absolute atomic E-state index is 12.6. The Labute approximate surface area is 204 Å². The molecule has 0 unspecified atom stereocenters. The molecule has 2 amide bonds. The fourth-order valence-corrected chi connectivity index (χ4v) is 3.36. The van der Waals surface area contributed by atoms with Gasteiger partial charge in [-0.15, -0.1) is 0 Å². The molecule has 0 radical (unpaired) electrons. The van der Waals surface area contributed by atoms with E-state index in [1.54, 1.807) is 12.1 Å². The number of hydrogen-bond donors (Lipinski definition) is 3. The van der Waals surface area contributed by atoms with E-state index in [0.717, 1.165) is 41.5 Å². The largest absolute Gasteiger partial charge is 0.490 e. The smallest absolute Gasteiger partial charge is 0.475 e. The third-order valence-electron chi connectivity index (χ3n) is 5.24. The first-order valence-electron chi connectivity index (χ1n) is 10.6. The van der Waals surface area contributed by atoms with Crippen LogP contribution >= 0.6 is 15.9 Å². The van der Waals surface area contributed by atoms with Gasteiger partial charge in [0.2, 0.25) is 5.91 Å². The first-order chi connectivity index (χ1) is 15.8. The monoisotopic (exact) mass is 542 g/mol. The van der Waals surface area contributed by atoms with Gasteiger partial charge < -0.3 is 15.7 Å². The number of anilines is 1. The number of carbonyl (C=O) groups is 3. The fraction of sp³-hybridized carbons (Fsp3) is 0.375. The zero-order valence-electron chi connectivity index (χ0n) is 18.7. The zero-order valence-corrected chi connectivity index (χ0v) is 20.3. The van der Waals surface area contributed by atoms with Gasteiger partial charge in [-0.1, -0.05) is 41.9 Å². The van der Waals surface area contributed by atoms with Crippen LogP contribution in [-0.2, 0) is 15.0 Å². The van der Waals surface area contributed by atoms with Crippen molar-refractivity contribution in [1.82, 2.24) is 5.32 Å². The molecule has 3 rings (SSSR count). The van der Waals surface area contributed by atoms with E-state index in [4.69, 9.17) is 9.90 Å². The summed E-state index contributed by atoms with van der Waals surface area (Å²) in [6.45, 7) is 5.03. The van der Waals surface area contributed by atoms with Crippen molar-refractivity contribution >= 4 is 39.4 Å². The second-order valence-electron chi connectivity index (χ2n) is 8.36. The summed E-state index contributed by atoms with van der Waals surface area (Å²) in [5.74, 6) is -2.21. The quantitative estimate of drug-likeness (QED) is 0.428. The lowest BCUT2D eigenvalue weighted by molar-refractivity contribution is -0.192. The van der Waals surface area contributed by atoms with Gasteiger partial charge in [0, 0.05) is 22.3 Å². The molecule has 2 aromatic carbocycles. The summed E-state index contributed by atoms with van der Waals surface area (Å²) in [4.78, 5) is 33.8. The van der Waals surface area contributed by atoms with Crippen molar-refractivity contribution in [3.8, 4) is 0 Å². The summed E-state index contributed by atoms with van der Waals surface area (Å²) in [6.07, 6.45) is -2.33. The van der Waals surface area contributed by atoms with E-state index in [9.17, 15) is 22.8 Å². The number of aliphatic carboxylic acids is 1. The predicted octanol–water partition coefficient (Wildman–Crippen LogP) is 5.53. The van der Waals surface area contributed by atoms with Gasteiger partial charge in [-0.3, -0.25) is 9.59 Å². The van der Waals surface area contributed by atoms with Gasteiger partial charge >= 0.3 is 12.1 Å². The van der Waals surface area contributed by atoms with E-state index in [0.29, 0.717) is 11.5 Å². The van der Waals surface area contributed by atoms with Crippen molar-refractivity contribution < 1.29 is 32.7 Å². The van der Waals surface area contributed by atoms with Crippen LogP contribution < -0.4 is 10.6 Å². The molecule has 1 fully saturated rings. The minimum Gasteiger partial charge on any atom is -0.475 e. The van der Waals surface area contributed by atoms with Crippen molar-refractivity contribution in [2.75, 3.05) is 11.9 Å². The number of carboxylic acid groups (broad SMARTS) is 1. The molecule has 0 atom stereocenters. The highest BCUT2D eigenvalue weighted by Gasteiger charge is 2.51. The summed E-state index contributed by atoms with van der Waals surface area (Å²) >= 11 is 3.36. The Balaban J connectivity index is 0.000000509. The highest BCUT2D eigenvalue weighted by atomic mass is 79.9. The lowest BCUT2D eigenvalue weighted by Crippen LogP contribution is -2.35. The van der Waals surface area contributed by atoms with Gasteiger partial charge in [-0.2, -0.15) is 13.2 Å². The Bertz CT molecular complexity index is 1000. The van der Waals surface area contributed by atoms with Gasteiger partial charge in [0.1, 0.15) is 0 Å². The lowest BCUT2D eigenvalue weighted by atomic mass is 9.94. The number of rotatable bonds is 7. The van der Waals surface area contributed by atoms with Gasteiger partial charge in [-0.05, 0) is 67.1 Å². The number of nitrogens with one attached hydrogen (secondary N) is 2. The van der Waals surface area contributed by atoms with Gasteiger partial charge in [0.05, 0.1) is 5.41 Å². The summed E-state index contributed by atoms with van der Waals surface area (Å²) in [7, 11) is 0. The molecule has 10 heteroatoms. The molecule has 0 aromatic heterocycles. The van der Waals surface area contributed by atoms with Crippen LogP contribution in [0, 0.1) is 5.92 Å². The normalized spacial score (nSPS) is 14.0. The van der Waals surface area contributed by atoms with Crippen molar-refractivity contribution in [2.45, 2.75) is 44.7 Å². The van der Waals surface area contributed by atoms with Gasteiger partial charge in [0.15, 0.2) is 0 Å². The molecule has 1 aliphatic carbocycles. The number of carbonyl (C=O) groups excluding carboxylic acids is 2. The Morgan fingerprint density at radius 1 is 1.03 bits per heavy atom. The van der Waals surface area contributed by atoms with Crippen LogP contribution in [0.5, 0.6) is 0 Å². The maximum atomic E-state index is 12.6. The standard InChI is InChI=1S/C22H25BrN2O2.C2HF3O2/c1-15(2)11-14-24-21(27)22(12-13-22)17-5-9-19(10-6-17)25-20(26)16-3-7-18(23)8-4-16;3-2(4,5)1(6)7/h3-10,15H,11-14H2,1-2H3,(H,24,27)(H,25,26);(H,6,7). The Hall–Kier alpha value is -2.88. The highest BCUT2D eigenvalue weighted by molar-refractivity contribution is 9.10. The van der Waals surface area contributed by atoms with Gasteiger partial charge in [0.25, 0.3) is 5.91 Å². The second-order valence-corrected chi connectivity index (χ2v) is 9.28. The first kappa shape index (κ1) is 27.4. The lowest BCUT2D eigenvalue weighted by Gasteiger charge is -2.17. The molecular weight excluding hydrogens is 517 g/mol. The van der Waals surface area contributed by atoms with Crippen LogP contribution in [0.25, 0.3) is 0 Å². The number of halogens is 4. The molecular formula is C24H26BrF3N2O4. The molecule has 0 spiro atoms. The number of alkyl halides is 3. The molecule has 0 heterocycles. The van der Waals surface area contributed by atoms with E-state index in [-0.39, 0.29) is 17.2 Å². The van der Waals surface area contributed by atoms with Crippen molar-refractivity contribution in [1.29, 1.82) is 0 Å². The highest BCUT2D eigenvalue weighted by Crippen LogP contribution is 2.48. The third kappa shape index (κ3) is 7.86. The van der Waals surface area contributed by atoms with Crippen LogP contribution in [0.4, 0.5) is 18.9 Å². The molecule has 3 N–H and O–H groups in total. The van der Waals surface area contributed by atoms with E-state index in [1.807, 2.05) is 36.4 Å². The molecule has 0 bridgehead atoms. The molecule has 2 aromatic rings. The molecule has 6 nitrogen and oxygen atoms in total. The minimum absolute atomic E-state index is 0.120. The van der Waals surface area contributed by atoms with Crippen molar-refractivity contribution in [3.05, 3.63) is 64.1 Å². The maximum Gasteiger partial charge on any atom is 0.490 e. The fourth-order valence-electron chi connectivity index (χ4n) is 3.09. The summed E-state index contributed by atoms with van der Waals surface area (Å²) < 4.78 is 32.7. The average Bonchev–Trinajstić information content (AvgIpc) is 3.56. The van der Waals surface area contributed by atoms with Crippen LogP contribution in [-0.4, -0.2) is 35.6 Å². The predicted molar refractivity (Wildman–Crippen MR) is 126 cm³/mol. The van der Waals surface area contributed by atoms with Crippen LogP contribution in [0.15, 0.2) is 53.0 Å². The van der Waals surface area contributed by atoms with Crippen LogP contribution in [0.3, 0.4) is 0 Å². The number of benzene rings is 2. The Kier molecular flexibility index (Phi) is 9.26. The molecule has 0 aliphatic heterocycles. The van der Waals surface area contributed by atoms with E-state index >= 15 is 0 Å². The number of amides is 2. The summed E-state index contributed by atoms with van der Waals surface area (Å²) in [5.41, 5.74) is 1.96. The molecule has 0 saturated heterocycles. The van der Waals surface area contributed by atoms with Crippen molar-refractivity contribution in [2.24, 2.45) is 5.92 Å². The molecule has 1 aliphatic rings. The third-order valence-corrected chi connectivity index (χ3v) is 5.76. The zero-order chi connectivity index (χ0) is 25.5. The molecule has 1 saturated carbocycles. The topological polar surface area (TPSA) is 95.5 Å². The number of carboxylic acids is 1. The van der Waals surface area contributed by atoms with Crippen LogP contribution in [0.1, 0.15) is 49.0 Å². The van der Waals surface area contributed by atoms with E-state index in [2.05, 4.69) is 40.4 Å². The molecule has 184 valence electrons. The van der Waals surface area contributed by atoms with Crippen LogP contribution in [0.2, 0.25) is 0 Å². The minimum atomic E-state index is -5.08. The average molecular weight is 543 g/mol. The summed E-state index contributed by atoms with van der Waals surface area (Å²) in [5, 5.41) is 13.1. The molecule has 34 heavy (non-hydrogen) atoms. The summed E-state index contributed by atoms with van der Waals surface area (Å²) in [6, 6.07) is 14.9.